The molecule has 0 aliphatic heterocycles. The Bertz CT molecular complexity index is 580. The summed E-state index contributed by atoms with van der Waals surface area (Å²) in [6.45, 7) is 4.78. The third-order valence-electron chi connectivity index (χ3n) is 3.81. The van der Waals surface area contributed by atoms with Crippen molar-refractivity contribution < 1.29 is 9.50 Å². The number of hydrogen-bond donors (Lipinski definition) is 2. The van der Waals surface area contributed by atoms with Crippen molar-refractivity contribution in [1.82, 2.24) is 15.1 Å². The summed E-state index contributed by atoms with van der Waals surface area (Å²) in [6, 6.07) is 6.13. The molecule has 21 heavy (non-hydrogen) atoms. The maximum absolute atomic E-state index is 12.9. The van der Waals surface area contributed by atoms with Crippen LogP contribution in [0.25, 0.3) is 0 Å². The first-order valence-electron chi connectivity index (χ1n) is 7.11. The fourth-order valence-corrected chi connectivity index (χ4v) is 2.24. The lowest BCUT2D eigenvalue weighted by Gasteiger charge is -2.18. The van der Waals surface area contributed by atoms with Crippen LogP contribution in [0.1, 0.15) is 36.3 Å². The van der Waals surface area contributed by atoms with Crippen LogP contribution >= 0.6 is 0 Å². The van der Waals surface area contributed by atoms with Gasteiger partial charge in [0.25, 0.3) is 0 Å². The van der Waals surface area contributed by atoms with Crippen LogP contribution in [0.4, 0.5) is 4.39 Å². The Balaban J connectivity index is 1.85. The molecule has 114 valence electrons. The second kappa shape index (κ2) is 6.83. The molecule has 0 fully saturated rings. The smallest absolute Gasteiger partial charge is 0.123 e. The quantitative estimate of drug-likeness (QED) is 0.859. The maximum atomic E-state index is 12.9. The summed E-state index contributed by atoms with van der Waals surface area (Å²) in [6.07, 6.45) is 1.83. The highest BCUT2D eigenvalue weighted by Crippen LogP contribution is 2.19. The summed E-state index contributed by atoms with van der Waals surface area (Å²) in [5, 5.41) is 17.7. The van der Waals surface area contributed by atoms with Gasteiger partial charge in [-0.25, -0.2) is 4.39 Å². The van der Waals surface area contributed by atoms with Gasteiger partial charge in [-0.2, -0.15) is 5.10 Å². The third kappa shape index (κ3) is 4.12. The van der Waals surface area contributed by atoms with Crippen LogP contribution in [0.2, 0.25) is 0 Å². The zero-order chi connectivity index (χ0) is 15.4. The van der Waals surface area contributed by atoms with E-state index in [4.69, 9.17) is 0 Å². The Hall–Kier alpha value is -1.72. The molecule has 2 unspecified atom stereocenters. The fourth-order valence-electron chi connectivity index (χ4n) is 2.24. The Kier molecular flexibility index (Phi) is 5.09. The largest absolute Gasteiger partial charge is 0.388 e. The average Bonchev–Trinajstić information content (AvgIpc) is 2.77. The summed E-state index contributed by atoms with van der Waals surface area (Å²) in [5.41, 5.74) is 3.03. The van der Waals surface area contributed by atoms with E-state index in [1.54, 1.807) is 12.1 Å². The van der Waals surface area contributed by atoms with E-state index in [0.29, 0.717) is 6.42 Å². The van der Waals surface area contributed by atoms with Gasteiger partial charge in [0.2, 0.25) is 0 Å². The highest BCUT2D eigenvalue weighted by Gasteiger charge is 2.13. The van der Waals surface area contributed by atoms with Crippen molar-refractivity contribution in [2.75, 3.05) is 0 Å². The third-order valence-corrected chi connectivity index (χ3v) is 3.81. The lowest BCUT2D eigenvalue weighted by atomic mass is 10.0. The molecule has 2 aromatic rings. The molecule has 0 radical (unpaired) electrons. The van der Waals surface area contributed by atoms with Gasteiger partial charge in [0.1, 0.15) is 5.82 Å². The molecular formula is C16H22FN3O. The first-order valence-corrected chi connectivity index (χ1v) is 7.11. The van der Waals surface area contributed by atoms with Crippen molar-refractivity contribution in [3.05, 3.63) is 53.1 Å². The molecular weight excluding hydrogens is 269 g/mol. The van der Waals surface area contributed by atoms with E-state index in [9.17, 15) is 9.50 Å². The summed E-state index contributed by atoms with van der Waals surface area (Å²) in [7, 11) is 1.92. The predicted molar refractivity (Wildman–Crippen MR) is 80.2 cm³/mol. The van der Waals surface area contributed by atoms with Crippen LogP contribution < -0.4 is 5.32 Å². The molecule has 0 amide bonds. The van der Waals surface area contributed by atoms with E-state index in [1.165, 1.54) is 12.1 Å². The summed E-state index contributed by atoms with van der Waals surface area (Å²) in [5.74, 6) is -0.288. The first kappa shape index (κ1) is 15.7. The minimum atomic E-state index is -0.594. The minimum absolute atomic E-state index is 0.143. The summed E-state index contributed by atoms with van der Waals surface area (Å²) < 4.78 is 14.7. The maximum Gasteiger partial charge on any atom is 0.123 e. The standard InChI is InChI=1S/C16H22FN3O/c1-11(18-9-14-10-19-20(3)12(14)2)8-16(21)13-4-6-15(17)7-5-13/h4-7,10-11,16,18,21H,8-9H2,1-3H3. The van der Waals surface area contributed by atoms with E-state index < -0.39 is 6.10 Å². The van der Waals surface area contributed by atoms with Crippen LogP contribution in [0.15, 0.2) is 30.5 Å². The number of rotatable bonds is 6. The second-order valence-corrected chi connectivity index (χ2v) is 5.46. The van der Waals surface area contributed by atoms with Crippen LogP contribution in [0, 0.1) is 12.7 Å². The molecule has 0 aliphatic carbocycles. The van der Waals surface area contributed by atoms with Gasteiger partial charge in [-0.15, -0.1) is 0 Å². The van der Waals surface area contributed by atoms with Crippen molar-refractivity contribution in [2.24, 2.45) is 7.05 Å². The highest BCUT2D eigenvalue weighted by molar-refractivity contribution is 5.19. The SMILES string of the molecule is Cc1c(CNC(C)CC(O)c2ccc(F)cc2)cnn1C. The van der Waals surface area contributed by atoms with E-state index in [-0.39, 0.29) is 11.9 Å². The van der Waals surface area contributed by atoms with Gasteiger partial charge in [0.15, 0.2) is 0 Å². The molecule has 0 spiro atoms. The topological polar surface area (TPSA) is 50.1 Å². The zero-order valence-electron chi connectivity index (χ0n) is 12.7. The number of nitrogens with one attached hydrogen (secondary N) is 1. The molecule has 1 aromatic heterocycles. The average molecular weight is 291 g/mol. The van der Waals surface area contributed by atoms with Gasteiger partial charge in [-0.1, -0.05) is 12.1 Å². The molecule has 1 heterocycles. The zero-order valence-corrected chi connectivity index (χ0v) is 12.7. The predicted octanol–water partition coefficient (Wildman–Crippen LogP) is 2.47. The van der Waals surface area contributed by atoms with Crippen molar-refractivity contribution in [1.29, 1.82) is 0 Å². The monoisotopic (exact) mass is 291 g/mol. The van der Waals surface area contributed by atoms with Crippen LogP contribution in [-0.4, -0.2) is 20.9 Å². The number of hydrogen-bond acceptors (Lipinski definition) is 3. The molecule has 0 bridgehead atoms. The Morgan fingerprint density at radius 2 is 2.00 bits per heavy atom. The van der Waals surface area contributed by atoms with Crippen molar-refractivity contribution in [3.63, 3.8) is 0 Å². The van der Waals surface area contributed by atoms with Crippen LogP contribution in [0.5, 0.6) is 0 Å². The van der Waals surface area contributed by atoms with Crippen LogP contribution in [-0.2, 0) is 13.6 Å². The molecule has 1 aromatic carbocycles. The molecule has 2 N–H and O–H groups in total. The molecule has 0 saturated heterocycles. The minimum Gasteiger partial charge on any atom is -0.388 e. The summed E-state index contributed by atoms with van der Waals surface area (Å²) in [4.78, 5) is 0. The van der Waals surface area contributed by atoms with Crippen molar-refractivity contribution >= 4 is 0 Å². The number of nitrogens with zero attached hydrogens (tertiary/aromatic N) is 2. The van der Waals surface area contributed by atoms with Gasteiger partial charge in [0, 0.05) is 30.9 Å². The molecule has 0 aliphatic rings. The molecule has 0 saturated carbocycles. The van der Waals surface area contributed by atoms with Gasteiger partial charge in [-0.3, -0.25) is 4.68 Å². The van der Waals surface area contributed by atoms with Gasteiger partial charge < -0.3 is 10.4 Å². The Morgan fingerprint density at radius 3 is 2.57 bits per heavy atom. The highest BCUT2D eigenvalue weighted by atomic mass is 19.1. The number of aryl methyl sites for hydroxylation is 1. The van der Waals surface area contributed by atoms with Gasteiger partial charge in [0.05, 0.1) is 12.3 Å². The normalized spacial score (nSPS) is 14.1. The van der Waals surface area contributed by atoms with Crippen molar-refractivity contribution in [3.8, 4) is 0 Å². The number of aliphatic hydroxyl groups is 1. The Morgan fingerprint density at radius 1 is 1.33 bits per heavy atom. The Labute approximate surface area is 124 Å². The number of aromatic nitrogens is 2. The van der Waals surface area contributed by atoms with Crippen molar-refractivity contribution in [2.45, 2.75) is 39.0 Å². The van der Waals surface area contributed by atoms with E-state index in [2.05, 4.69) is 10.4 Å². The summed E-state index contributed by atoms with van der Waals surface area (Å²) >= 11 is 0. The molecule has 4 nitrogen and oxygen atoms in total. The molecule has 2 atom stereocenters. The number of aliphatic hydroxyl groups excluding tert-OH is 1. The fraction of sp³-hybridized carbons (Fsp3) is 0.438. The molecule has 2 rings (SSSR count). The van der Waals surface area contributed by atoms with Gasteiger partial charge >= 0.3 is 0 Å². The van der Waals surface area contributed by atoms with E-state index >= 15 is 0 Å². The van der Waals surface area contributed by atoms with E-state index in [1.807, 2.05) is 31.8 Å². The lowest BCUT2D eigenvalue weighted by molar-refractivity contribution is 0.153. The molecule has 5 heteroatoms. The van der Waals surface area contributed by atoms with E-state index in [0.717, 1.165) is 23.4 Å². The first-order chi connectivity index (χ1) is 9.97. The number of benzene rings is 1. The second-order valence-electron chi connectivity index (χ2n) is 5.46. The lowest BCUT2D eigenvalue weighted by Crippen LogP contribution is -2.27. The number of halogens is 1. The van der Waals surface area contributed by atoms with Gasteiger partial charge in [-0.05, 0) is 38.0 Å². The van der Waals surface area contributed by atoms with Crippen LogP contribution in [0.3, 0.4) is 0 Å².